The largest absolute Gasteiger partial charge is 1.00 e. The van der Waals surface area contributed by atoms with Crippen LogP contribution in [0.15, 0.2) is 0 Å². The van der Waals surface area contributed by atoms with Crippen LogP contribution in [0.5, 0.6) is 0 Å². The van der Waals surface area contributed by atoms with Crippen molar-refractivity contribution in [3.63, 3.8) is 0 Å². The molecule has 1 rings (SSSR count). The van der Waals surface area contributed by atoms with Crippen molar-refractivity contribution >= 4 is 5.97 Å². The number of carbonyl (C=O) groups excluding carboxylic acids is 1. The molecule has 0 N–H and O–H groups in total. The van der Waals surface area contributed by atoms with Gasteiger partial charge in [-0.3, -0.25) is 0 Å². The van der Waals surface area contributed by atoms with Crippen molar-refractivity contribution in [1.29, 1.82) is 0 Å². The van der Waals surface area contributed by atoms with Crippen LogP contribution in [-0.4, -0.2) is 32.4 Å². The predicted molar refractivity (Wildman–Crippen MR) is 32.3 cm³/mol. The van der Waals surface area contributed by atoms with Gasteiger partial charge in [0.1, 0.15) is 0 Å². The molecule has 0 aromatic heterocycles. The fourth-order valence-electron chi connectivity index (χ4n) is 0.440. The third-order valence-electron chi connectivity index (χ3n) is 0.744. The van der Waals surface area contributed by atoms with Gasteiger partial charge in [-0.25, -0.2) is 0 Å². The third-order valence-corrected chi connectivity index (χ3v) is 0.744. The average Bonchev–Trinajstić information content (AvgIpc) is 1.90. The normalized spacial score (nSPS) is 15.4. The van der Waals surface area contributed by atoms with Crippen LogP contribution >= 0.6 is 0 Å². The molecule has 0 radical (unpaired) electrons. The summed E-state index contributed by atoms with van der Waals surface area (Å²) in [5.74, 6) is -1.08. The van der Waals surface area contributed by atoms with Gasteiger partial charge in [0.05, 0.1) is 26.4 Å². The van der Waals surface area contributed by atoms with Crippen molar-refractivity contribution in [3.8, 4) is 0 Å². The smallest absolute Gasteiger partial charge is 0.550 e. The number of ether oxygens (including phenoxy) is 2. The first kappa shape index (κ1) is 13.9. The molecule has 0 saturated carbocycles. The molecule has 0 aromatic rings. The van der Waals surface area contributed by atoms with E-state index in [-0.39, 0.29) is 29.6 Å². The number of hydrogen-bond acceptors (Lipinski definition) is 4. The van der Waals surface area contributed by atoms with Crippen molar-refractivity contribution in [3.05, 3.63) is 0 Å². The van der Waals surface area contributed by atoms with Gasteiger partial charge in [0.15, 0.2) is 0 Å². The summed E-state index contributed by atoms with van der Waals surface area (Å²) in [5.41, 5.74) is 0. The molecule has 0 spiro atoms. The van der Waals surface area contributed by atoms with Crippen LogP contribution in [0, 0.1) is 0 Å². The van der Waals surface area contributed by atoms with Crippen molar-refractivity contribution in [2.75, 3.05) is 26.4 Å². The van der Waals surface area contributed by atoms with Gasteiger partial charge >= 0.3 is 29.6 Å². The zero-order valence-electron chi connectivity index (χ0n) is 6.96. The number of carboxylic acids is 1. The molecule has 0 amide bonds. The Labute approximate surface area is 88.2 Å². The minimum atomic E-state index is -1.08. The van der Waals surface area contributed by atoms with Crippen LogP contribution in [0.4, 0.5) is 0 Å². The molecule has 4 nitrogen and oxygen atoms in total. The Bertz CT molecular complexity index is 77.1. The van der Waals surface area contributed by atoms with Gasteiger partial charge < -0.3 is 19.4 Å². The molecule has 0 aliphatic carbocycles. The Kier molecular flexibility index (Phi) is 13.2. The maximum absolute atomic E-state index is 8.89. The molecule has 1 aliphatic rings. The number of hydrogen-bond donors (Lipinski definition) is 0. The summed E-state index contributed by atoms with van der Waals surface area (Å²) in [4.78, 5) is 8.89. The third kappa shape index (κ3) is 17.9. The molecule has 60 valence electrons. The van der Waals surface area contributed by atoms with Gasteiger partial charge in [-0.05, 0) is 6.92 Å². The minimum absolute atomic E-state index is 0. The van der Waals surface area contributed by atoms with Crippen LogP contribution in [0.25, 0.3) is 0 Å². The number of carbonyl (C=O) groups is 1. The first-order valence-electron chi connectivity index (χ1n) is 3.06. The summed E-state index contributed by atoms with van der Waals surface area (Å²) in [7, 11) is 0. The van der Waals surface area contributed by atoms with E-state index < -0.39 is 5.97 Å². The molecule has 1 fully saturated rings. The van der Waals surface area contributed by atoms with Crippen LogP contribution in [0.2, 0.25) is 0 Å². The Morgan fingerprint density at radius 2 is 1.36 bits per heavy atom. The van der Waals surface area contributed by atoms with E-state index in [9.17, 15) is 0 Å². The summed E-state index contributed by atoms with van der Waals surface area (Å²) in [6, 6.07) is 0. The van der Waals surface area contributed by atoms with E-state index in [2.05, 4.69) is 0 Å². The molecule has 0 bridgehead atoms. The Balaban J connectivity index is 0. The van der Waals surface area contributed by atoms with Gasteiger partial charge in [-0.15, -0.1) is 0 Å². The van der Waals surface area contributed by atoms with Gasteiger partial charge in [0.2, 0.25) is 0 Å². The second-order valence-electron chi connectivity index (χ2n) is 1.72. The van der Waals surface area contributed by atoms with E-state index in [1.807, 2.05) is 0 Å². The predicted octanol–water partition coefficient (Wildman–Crippen LogP) is -4.21. The van der Waals surface area contributed by atoms with E-state index in [1.54, 1.807) is 0 Å². The monoisotopic (exact) mass is 170 g/mol. The molecular formula is C6H11NaO4. The number of carboxylic acid groups (broad SMARTS) is 1. The SMILES string of the molecule is C1COCCO1.CC(=O)[O-].[Na+]. The molecule has 0 unspecified atom stereocenters. The zero-order chi connectivity index (χ0) is 7.82. The van der Waals surface area contributed by atoms with Crippen LogP contribution < -0.4 is 34.7 Å². The van der Waals surface area contributed by atoms with Crippen LogP contribution in [-0.2, 0) is 14.3 Å². The van der Waals surface area contributed by atoms with E-state index in [1.165, 1.54) is 0 Å². The molecule has 1 heterocycles. The first-order valence-corrected chi connectivity index (χ1v) is 3.06. The maximum Gasteiger partial charge on any atom is 1.00 e. The maximum atomic E-state index is 8.89. The van der Waals surface area contributed by atoms with E-state index in [0.717, 1.165) is 33.4 Å². The Morgan fingerprint density at radius 1 is 1.18 bits per heavy atom. The Morgan fingerprint density at radius 3 is 1.45 bits per heavy atom. The second kappa shape index (κ2) is 10.4. The molecule has 0 aromatic carbocycles. The van der Waals surface area contributed by atoms with E-state index in [4.69, 9.17) is 19.4 Å². The molecule has 1 saturated heterocycles. The summed E-state index contributed by atoms with van der Waals surface area (Å²) >= 11 is 0. The number of aliphatic carboxylic acids is 1. The van der Waals surface area contributed by atoms with Crippen LogP contribution in [0.3, 0.4) is 0 Å². The topological polar surface area (TPSA) is 58.6 Å². The summed E-state index contributed by atoms with van der Waals surface area (Å²) < 4.78 is 9.89. The van der Waals surface area contributed by atoms with Crippen molar-refractivity contribution in [2.45, 2.75) is 6.92 Å². The molecule has 0 atom stereocenters. The van der Waals surface area contributed by atoms with Gasteiger partial charge in [0, 0.05) is 5.97 Å². The molecule has 1 aliphatic heterocycles. The minimum Gasteiger partial charge on any atom is -0.550 e. The van der Waals surface area contributed by atoms with Gasteiger partial charge in [-0.1, -0.05) is 0 Å². The van der Waals surface area contributed by atoms with Gasteiger partial charge in [0.25, 0.3) is 0 Å². The number of rotatable bonds is 0. The summed E-state index contributed by atoms with van der Waals surface area (Å²) in [5, 5.41) is 8.89. The molecule has 5 heteroatoms. The quantitative estimate of drug-likeness (QED) is 0.346. The molecular weight excluding hydrogens is 159 g/mol. The van der Waals surface area contributed by atoms with Gasteiger partial charge in [-0.2, -0.15) is 0 Å². The first-order chi connectivity index (χ1) is 4.73. The standard InChI is InChI=1S/C4H8O2.C2H4O2.Na/c1-2-6-4-3-5-1;1-2(3)4;/h1-4H2;1H3,(H,3,4);/q;;+1/p-1. The second-order valence-corrected chi connectivity index (χ2v) is 1.72. The summed E-state index contributed by atoms with van der Waals surface area (Å²) in [6.07, 6.45) is 0. The van der Waals surface area contributed by atoms with E-state index >= 15 is 0 Å². The Hall–Kier alpha value is 0.390. The summed E-state index contributed by atoms with van der Waals surface area (Å²) in [6.45, 7) is 4.08. The fraction of sp³-hybridized carbons (Fsp3) is 0.833. The van der Waals surface area contributed by atoms with Crippen molar-refractivity contribution < 1.29 is 48.9 Å². The zero-order valence-corrected chi connectivity index (χ0v) is 8.96. The fourth-order valence-corrected chi connectivity index (χ4v) is 0.440. The molecule has 11 heavy (non-hydrogen) atoms. The average molecular weight is 170 g/mol. The van der Waals surface area contributed by atoms with Crippen molar-refractivity contribution in [1.82, 2.24) is 0 Å². The van der Waals surface area contributed by atoms with Crippen LogP contribution in [0.1, 0.15) is 6.92 Å². The van der Waals surface area contributed by atoms with E-state index in [0.29, 0.717) is 0 Å². The van der Waals surface area contributed by atoms with Crippen molar-refractivity contribution in [2.24, 2.45) is 0 Å².